The minimum atomic E-state index is -1.54. The van der Waals surface area contributed by atoms with Crippen LogP contribution in [0.25, 0.3) is 0 Å². The molecule has 8 heteroatoms. The fourth-order valence-electron chi connectivity index (χ4n) is 3.34. The van der Waals surface area contributed by atoms with Crippen molar-refractivity contribution in [2.45, 2.75) is 51.6 Å². The van der Waals surface area contributed by atoms with Gasteiger partial charge in [-0.05, 0) is 42.1 Å². The summed E-state index contributed by atoms with van der Waals surface area (Å²) in [7, 11) is 0. The molecule has 0 saturated heterocycles. The lowest BCUT2D eigenvalue weighted by atomic mass is 9.72. The molecule has 0 bridgehead atoms. The number of nitrogens with one attached hydrogen (secondary N) is 1. The first-order valence-electron chi connectivity index (χ1n) is 8.42. The third-order valence-electron chi connectivity index (χ3n) is 4.56. The minimum Gasteiger partial charge on any atom is -0.478 e. The highest BCUT2D eigenvalue weighted by Gasteiger charge is 2.57. The zero-order valence-electron chi connectivity index (χ0n) is 15.0. The van der Waals surface area contributed by atoms with Crippen molar-refractivity contribution in [2.75, 3.05) is 6.54 Å². The summed E-state index contributed by atoms with van der Waals surface area (Å²) in [5, 5.41) is 24.8. The molecule has 2 aliphatic carbocycles. The fourth-order valence-corrected chi connectivity index (χ4v) is 4.08. The first kappa shape index (κ1) is 20.5. The van der Waals surface area contributed by atoms with Crippen LogP contribution in [0.5, 0.6) is 0 Å². The Bertz CT molecular complexity index is 732. The Morgan fingerprint density at radius 3 is 2.58 bits per heavy atom. The standard InChI is InChI=1S/C18H23BrN2O5/c1-17(2,3)10-20-18(11-5-4-6-12(22)9-11)14(19)8-7-13(16(23)24)15(18)21(25)26/h7-9,15,20H,4-6,10H2,1-3H3,(H,23,24). The number of ketones is 1. The molecule has 0 aromatic rings. The summed E-state index contributed by atoms with van der Waals surface area (Å²) >= 11 is 3.43. The number of hydrogen-bond acceptors (Lipinski definition) is 5. The predicted octanol–water partition coefficient (Wildman–Crippen LogP) is 2.99. The quantitative estimate of drug-likeness (QED) is 0.516. The van der Waals surface area contributed by atoms with Crippen molar-refractivity contribution in [3.63, 3.8) is 0 Å². The number of carbonyl (C=O) groups is 2. The summed E-state index contributed by atoms with van der Waals surface area (Å²) in [6.45, 7) is 6.33. The lowest BCUT2D eigenvalue weighted by Crippen LogP contribution is -2.63. The first-order chi connectivity index (χ1) is 12.0. The summed E-state index contributed by atoms with van der Waals surface area (Å²) in [6.07, 6.45) is 5.69. The summed E-state index contributed by atoms with van der Waals surface area (Å²) in [5.41, 5.74) is -1.35. The molecule has 2 unspecified atom stereocenters. The van der Waals surface area contributed by atoms with Gasteiger partial charge in [-0.3, -0.25) is 20.2 Å². The van der Waals surface area contributed by atoms with Crippen LogP contribution >= 0.6 is 15.9 Å². The predicted molar refractivity (Wildman–Crippen MR) is 101 cm³/mol. The monoisotopic (exact) mass is 426 g/mol. The van der Waals surface area contributed by atoms with Crippen LogP contribution in [-0.2, 0) is 9.59 Å². The number of carbonyl (C=O) groups excluding carboxylic acids is 1. The Morgan fingerprint density at radius 2 is 2.08 bits per heavy atom. The zero-order chi connectivity index (χ0) is 19.7. The summed E-state index contributed by atoms with van der Waals surface area (Å²) in [5.74, 6) is -1.44. The third kappa shape index (κ3) is 3.96. The Kier molecular flexibility index (Phi) is 5.87. The van der Waals surface area contributed by atoms with Crippen LogP contribution in [0.3, 0.4) is 0 Å². The Morgan fingerprint density at radius 1 is 1.42 bits per heavy atom. The van der Waals surface area contributed by atoms with Crippen LogP contribution in [0.2, 0.25) is 0 Å². The Hall–Kier alpha value is -1.80. The molecular formula is C18H23BrN2O5. The minimum absolute atomic E-state index is 0.1000. The van der Waals surface area contributed by atoms with Gasteiger partial charge in [-0.2, -0.15) is 0 Å². The average Bonchev–Trinajstić information content (AvgIpc) is 2.52. The van der Waals surface area contributed by atoms with E-state index in [0.717, 1.165) is 0 Å². The molecule has 0 amide bonds. The van der Waals surface area contributed by atoms with E-state index in [1.165, 1.54) is 18.2 Å². The van der Waals surface area contributed by atoms with E-state index in [1.807, 2.05) is 20.8 Å². The van der Waals surface area contributed by atoms with Crippen LogP contribution in [0.1, 0.15) is 40.0 Å². The van der Waals surface area contributed by atoms with Crippen molar-refractivity contribution < 1.29 is 19.6 Å². The number of carboxylic acid groups (broad SMARTS) is 1. The van der Waals surface area contributed by atoms with Crippen molar-refractivity contribution in [1.82, 2.24) is 5.32 Å². The van der Waals surface area contributed by atoms with Gasteiger partial charge in [0.15, 0.2) is 5.78 Å². The van der Waals surface area contributed by atoms with Crippen molar-refractivity contribution in [1.29, 1.82) is 0 Å². The highest BCUT2D eigenvalue weighted by Crippen LogP contribution is 2.44. The van der Waals surface area contributed by atoms with Crippen LogP contribution < -0.4 is 5.32 Å². The average molecular weight is 427 g/mol. The van der Waals surface area contributed by atoms with Gasteiger partial charge < -0.3 is 5.11 Å². The number of nitrogens with zero attached hydrogens (tertiary/aromatic N) is 1. The SMILES string of the molecule is CC(C)(C)CNC1(C2=CC(=O)CCC2)C(Br)=CC=C(C(=O)O)C1[N+](=O)[O-]. The molecule has 0 heterocycles. The van der Waals surface area contributed by atoms with Crippen molar-refractivity contribution in [3.8, 4) is 0 Å². The molecule has 0 saturated carbocycles. The summed E-state index contributed by atoms with van der Waals surface area (Å²) in [6, 6.07) is -1.54. The van der Waals surface area contributed by atoms with E-state index in [0.29, 0.717) is 35.9 Å². The molecule has 0 aromatic carbocycles. The first-order valence-corrected chi connectivity index (χ1v) is 9.22. The molecule has 2 rings (SSSR count). The van der Waals surface area contributed by atoms with Gasteiger partial charge >= 0.3 is 5.97 Å². The molecule has 142 valence electrons. The molecule has 0 spiro atoms. The maximum Gasteiger partial charge on any atom is 0.338 e. The highest BCUT2D eigenvalue weighted by molar-refractivity contribution is 9.11. The molecule has 2 N–H and O–H groups in total. The number of allylic oxidation sites excluding steroid dienone is 3. The molecule has 2 atom stereocenters. The molecule has 0 aromatic heterocycles. The Balaban J connectivity index is 2.68. The van der Waals surface area contributed by atoms with Crippen LogP contribution in [0.4, 0.5) is 0 Å². The molecule has 2 aliphatic rings. The number of aliphatic carboxylic acids is 1. The van der Waals surface area contributed by atoms with Crippen molar-refractivity contribution >= 4 is 27.7 Å². The highest BCUT2D eigenvalue weighted by atomic mass is 79.9. The molecule has 0 radical (unpaired) electrons. The van der Waals surface area contributed by atoms with Crippen LogP contribution in [0.15, 0.2) is 33.9 Å². The molecule has 0 aliphatic heterocycles. The molecule has 7 nitrogen and oxygen atoms in total. The number of nitro groups is 1. The van der Waals surface area contributed by atoms with E-state index in [4.69, 9.17) is 0 Å². The topological polar surface area (TPSA) is 110 Å². The number of halogens is 1. The largest absolute Gasteiger partial charge is 0.478 e. The second-order valence-electron chi connectivity index (χ2n) is 7.84. The lowest BCUT2D eigenvalue weighted by molar-refractivity contribution is -0.519. The van der Waals surface area contributed by atoms with Crippen molar-refractivity contribution in [2.24, 2.45) is 5.41 Å². The van der Waals surface area contributed by atoms with Crippen molar-refractivity contribution in [3.05, 3.63) is 44.0 Å². The molecule has 0 fully saturated rings. The van der Waals surface area contributed by atoms with Gasteiger partial charge in [-0.25, -0.2) is 4.79 Å². The van der Waals surface area contributed by atoms with E-state index in [-0.39, 0.29) is 16.8 Å². The van der Waals surface area contributed by atoms with E-state index in [9.17, 15) is 24.8 Å². The van der Waals surface area contributed by atoms with E-state index in [1.54, 1.807) is 0 Å². The smallest absolute Gasteiger partial charge is 0.338 e. The second kappa shape index (κ2) is 7.44. The van der Waals surface area contributed by atoms with E-state index < -0.39 is 22.5 Å². The molecule has 26 heavy (non-hydrogen) atoms. The van der Waals surface area contributed by atoms with Gasteiger partial charge in [0.2, 0.25) is 0 Å². The maximum absolute atomic E-state index is 12.0. The number of carboxylic acids is 1. The zero-order valence-corrected chi connectivity index (χ0v) is 16.6. The van der Waals surface area contributed by atoms with Gasteiger partial charge in [0.05, 0.1) is 0 Å². The Labute approximate surface area is 160 Å². The van der Waals surface area contributed by atoms with Gasteiger partial charge in [-0.15, -0.1) is 0 Å². The normalized spacial score (nSPS) is 26.7. The summed E-state index contributed by atoms with van der Waals surface area (Å²) in [4.78, 5) is 35.1. The van der Waals surface area contributed by atoms with Gasteiger partial charge in [0.1, 0.15) is 11.1 Å². The van der Waals surface area contributed by atoms with E-state index >= 15 is 0 Å². The fraction of sp³-hybridized carbons (Fsp3) is 0.556. The van der Waals surface area contributed by atoms with Gasteiger partial charge in [0, 0.05) is 22.4 Å². The lowest BCUT2D eigenvalue weighted by Gasteiger charge is -2.42. The second-order valence-corrected chi connectivity index (χ2v) is 8.70. The van der Waals surface area contributed by atoms with Crippen LogP contribution in [-0.4, -0.2) is 39.9 Å². The number of hydrogen-bond donors (Lipinski definition) is 2. The molecular weight excluding hydrogens is 404 g/mol. The van der Waals surface area contributed by atoms with Gasteiger partial charge in [0.25, 0.3) is 6.04 Å². The van der Waals surface area contributed by atoms with E-state index in [2.05, 4.69) is 21.2 Å². The number of rotatable bonds is 5. The summed E-state index contributed by atoms with van der Waals surface area (Å²) < 4.78 is 0.460. The van der Waals surface area contributed by atoms with Crippen LogP contribution in [0, 0.1) is 15.5 Å². The third-order valence-corrected chi connectivity index (χ3v) is 5.45. The van der Waals surface area contributed by atoms with Gasteiger partial charge in [-0.1, -0.05) is 36.7 Å². The maximum atomic E-state index is 12.0.